The Kier molecular flexibility index (Phi) is 8.51. The maximum Gasteiger partial charge on any atom is 0.122 e. The summed E-state index contributed by atoms with van der Waals surface area (Å²) in [6.07, 6.45) is 2.68. The van der Waals surface area contributed by atoms with E-state index in [0.29, 0.717) is 13.2 Å². The maximum absolute atomic E-state index is 9.73. The van der Waals surface area contributed by atoms with E-state index in [1.807, 2.05) is 0 Å². The van der Waals surface area contributed by atoms with Crippen molar-refractivity contribution >= 4 is 5.94 Å². The van der Waals surface area contributed by atoms with Crippen LogP contribution >= 0.6 is 0 Å². The van der Waals surface area contributed by atoms with E-state index in [9.17, 15) is 4.79 Å². The third kappa shape index (κ3) is 8.98. The molecule has 0 N–H and O–H groups in total. The van der Waals surface area contributed by atoms with Gasteiger partial charge in [-0.2, -0.15) is 0 Å². The molecule has 0 spiro atoms. The molecule has 74 valence electrons. The number of rotatable bonds is 8. The van der Waals surface area contributed by atoms with Crippen LogP contribution in [-0.4, -0.2) is 31.9 Å². The summed E-state index contributed by atoms with van der Waals surface area (Å²) >= 11 is 0. The molecule has 0 saturated carbocycles. The molecule has 0 saturated heterocycles. The Labute approximate surface area is 77.7 Å². The Morgan fingerprint density at radius 3 is 2.92 bits per heavy atom. The highest BCUT2D eigenvalue weighted by Gasteiger charge is 2.01. The predicted molar refractivity (Wildman–Crippen MR) is 47.8 cm³/mol. The maximum atomic E-state index is 9.73. The van der Waals surface area contributed by atoms with E-state index in [0.717, 1.165) is 0 Å². The van der Waals surface area contributed by atoms with Crippen molar-refractivity contribution in [2.45, 2.75) is 13.0 Å². The lowest BCUT2D eigenvalue weighted by Crippen LogP contribution is -2.16. The van der Waals surface area contributed by atoms with E-state index in [4.69, 9.17) is 14.5 Å². The van der Waals surface area contributed by atoms with Crippen molar-refractivity contribution in [3.8, 4) is 0 Å². The second-order valence-corrected chi connectivity index (χ2v) is 2.34. The van der Waals surface area contributed by atoms with Crippen LogP contribution in [-0.2, 0) is 19.3 Å². The Hall–Kier alpha value is -0.930. The number of hydrogen-bond donors (Lipinski definition) is 0. The molecule has 4 nitrogen and oxygen atoms in total. The summed E-state index contributed by atoms with van der Waals surface area (Å²) in [6, 6.07) is 0. The molecule has 0 fully saturated rings. The van der Waals surface area contributed by atoms with Crippen molar-refractivity contribution in [3.05, 3.63) is 18.7 Å². The van der Waals surface area contributed by atoms with Crippen LogP contribution in [0.5, 0.6) is 0 Å². The molecule has 0 aliphatic heterocycles. The molecule has 0 aliphatic carbocycles. The standard InChI is InChI=1S/C9H14O4/c1-3-6-12-13-9(2)8-11-7-4-5-10/h3-4,9H,1,6-8H2,2H3. The van der Waals surface area contributed by atoms with Crippen molar-refractivity contribution in [2.75, 3.05) is 19.8 Å². The van der Waals surface area contributed by atoms with Gasteiger partial charge in [-0.15, -0.1) is 6.58 Å². The fraction of sp³-hybridized carbons (Fsp3) is 0.556. The zero-order valence-electron chi connectivity index (χ0n) is 7.69. The van der Waals surface area contributed by atoms with Crippen molar-refractivity contribution in [2.24, 2.45) is 0 Å². The Morgan fingerprint density at radius 2 is 2.31 bits per heavy atom. The fourth-order valence-corrected chi connectivity index (χ4v) is 0.558. The summed E-state index contributed by atoms with van der Waals surface area (Å²) < 4.78 is 5.02. The molecular formula is C9H14O4. The van der Waals surface area contributed by atoms with Crippen LogP contribution in [0.25, 0.3) is 0 Å². The minimum atomic E-state index is -0.167. The molecule has 0 aromatic carbocycles. The average Bonchev–Trinajstić information content (AvgIpc) is 2.13. The van der Waals surface area contributed by atoms with Gasteiger partial charge in [0.05, 0.1) is 13.2 Å². The van der Waals surface area contributed by atoms with E-state index in [-0.39, 0.29) is 12.7 Å². The normalized spacial score (nSPS) is 11.8. The van der Waals surface area contributed by atoms with E-state index in [1.165, 1.54) is 6.08 Å². The van der Waals surface area contributed by atoms with Crippen molar-refractivity contribution in [3.63, 3.8) is 0 Å². The van der Waals surface area contributed by atoms with Gasteiger partial charge in [-0.1, -0.05) is 6.08 Å². The van der Waals surface area contributed by atoms with Crippen LogP contribution in [0, 0.1) is 0 Å². The molecule has 0 aliphatic rings. The van der Waals surface area contributed by atoms with E-state index in [1.54, 1.807) is 18.9 Å². The summed E-state index contributed by atoms with van der Waals surface area (Å²) in [5.41, 5.74) is 0. The van der Waals surface area contributed by atoms with Gasteiger partial charge in [0.15, 0.2) is 0 Å². The molecule has 0 heterocycles. The van der Waals surface area contributed by atoms with Gasteiger partial charge in [0, 0.05) is 6.08 Å². The summed E-state index contributed by atoms with van der Waals surface area (Å²) in [7, 11) is 0. The molecule has 0 radical (unpaired) electrons. The van der Waals surface area contributed by atoms with Crippen LogP contribution in [0.3, 0.4) is 0 Å². The molecule has 0 aromatic heterocycles. The second-order valence-electron chi connectivity index (χ2n) is 2.34. The van der Waals surface area contributed by atoms with Crippen LogP contribution in [0.2, 0.25) is 0 Å². The highest BCUT2D eigenvalue weighted by molar-refractivity contribution is 5.44. The van der Waals surface area contributed by atoms with Gasteiger partial charge in [0.2, 0.25) is 0 Å². The lowest BCUT2D eigenvalue weighted by atomic mass is 10.4. The Balaban J connectivity index is 3.23. The monoisotopic (exact) mass is 186 g/mol. The quantitative estimate of drug-likeness (QED) is 0.186. The topological polar surface area (TPSA) is 44.8 Å². The minimum absolute atomic E-state index is 0.167. The highest BCUT2D eigenvalue weighted by atomic mass is 17.2. The summed E-state index contributed by atoms with van der Waals surface area (Å²) in [5, 5.41) is 0. The average molecular weight is 186 g/mol. The largest absolute Gasteiger partial charge is 0.374 e. The number of hydrogen-bond acceptors (Lipinski definition) is 4. The molecule has 13 heavy (non-hydrogen) atoms. The smallest absolute Gasteiger partial charge is 0.122 e. The number of carbonyl (C=O) groups excluding carboxylic acids is 1. The summed E-state index contributed by atoms with van der Waals surface area (Å²) in [6.45, 7) is 6.22. The molecule has 0 amide bonds. The van der Waals surface area contributed by atoms with E-state index in [2.05, 4.69) is 6.58 Å². The zero-order valence-corrected chi connectivity index (χ0v) is 7.69. The Morgan fingerprint density at radius 1 is 1.54 bits per heavy atom. The van der Waals surface area contributed by atoms with Gasteiger partial charge in [-0.25, -0.2) is 14.6 Å². The van der Waals surface area contributed by atoms with Gasteiger partial charge >= 0.3 is 0 Å². The van der Waals surface area contributed by atoms with Crippen LogP contribution < -0.4 is 0 Å². The molecule has 0 aromatic rings. The van der Waals surface area contributed by atoms with Crippen molar-refractivity contribution in [1.82, 2.24) is 0 Å². The van der Waals surface area contributed by atoms with Gasteiger partial charge < -0.3 is 4.74 Å². The summed E-state index contributed by atoms with van der Waals surface area (Å²) in [4.78, 5) is 19.3. The molecule has 1 unspecified atom stereocenters. The molecule has 1 atom stereocenters. The van der Waals surface area contributed by atoms with Crippen LogP contribution in [0.15, 0.2) is 18.7 Å². The van der Waals surface area contributed by atoms with E-state index < -0.39 is 0 Å². The first-order valence-electron chi connectivity index (χ1n) is 3.97. The first-order valence-corrected chi connectivity index (χ1v) is 3.97. The first kappa shape index (κ1) is 12.1. The highest BCUT2D eigenvalue weighted by Crippen LogP contribution is 1.93. The minimum Gasteiger partial charge on any atom is -0.374 e. The first-order chi connectivity index (χ1) is 6.31. The van der Waals surface area contributed by atoms with Gasteiger partial charge in [0.25, 0.3) is 0 Å². The third-order valence-corrected chi connectivity index (χ3v) is 1.06. The van der Waals surface area contributed by atoms with Gasteiger partial charge in [-0.3, -0.25) is 0 Å². The van der Waals surface area contributed by atoms with Crippen LogP contribution in [0.4, 0.5) is 0 Å². The van der Waals surface area contributed by atoms with Gasteiger partial charge in [-0.05, 0) is 6.92 Å². The summed E-state index contributed by atoms with van der Waals surface area (Å²) in [5.74, 6) is 1.61. The Bertz CT molecular complexity index is 172. The van der Waals surface area contributed by atoms with Gasteiger partial charge in [0.1, 0.15) is 18.7 Å². The fourth-order valence-electron chi connectivity index (χ4n) is 0.558. The zero-order chi connectivity index (χ0) is 9.94. The molecule has 0 bridgehead atoms. The SMILES string of the molecule is C=CCOOC(C)COCC=C=O. The van der Waals surface area contributed by atoms with Crippen molar-refractivity contribution < 1.29 is 19.3 Å². The molecule has 4 heteroatoms. The van der Waals surface area contributed by atoms with E-state index >= 15 is 0 Å². The van der Waals surface area contributed by atoms with Crippen molar-refractivity contribution in [1.29, 1.82) is 0 Å². The third-order valence-electron chi connectivity index (χ3n) is 1.06. The number of ether oxygens (including phenoxy) is 1. The second kappa shape index (κ2) is 9.16. The lowest BCUT2D eigenvalue weighted by Gasteiger charge is -2.09. The lowest BCUT2D eigenvalue weighted by molar-refractivity contribution is -0.319. The molecule has 0 rings (SSSR count). The molecular weight excluding hydrogens is 172 g/mol. The van der Waals surface area contributed by atoms with Crippen LogP contribution in [0.1, 0.15) is 6.92 Å². The predicted octanol–water partition coefficient (Wildman–Crippen LogP) is 0.913.